The second kappa shape index (κ2) is 15.5. The third kappa shape index (κ3) is 7.61. The Kier molecular flexibility index (Phi) is 11.7. The highest BCUT2D eigenvalue weighted by Gasteiger charge is 2.70. The highest BCUT2D eigenvalue weighted by atomic mass is 32.2. The zero-order chi connectivity index (χ0) is 46.7. The predicted molar refractivity (Wildman–Crippen MR) is 241 cm³/mol. The molecule has 10 atom stereocenters. The van der Waals surface area contributed by atoms with Gasteiger partial charge in [-0.1, -0.05) is 67.9 Å². The molecular weight excluding hydrogens is 817 g/mol. The number of carboxylic acid groups (broad SMARTS) is 1. The summed E-state index contributed by atoms with van der Waals surface area (Å²) in [5, 5.41) is 15.8. The number of aliphatic carboxylic acids is 1. The van der Waals surface area contributed by atoms with Gasteiger partial charge in [0.2, 0.25) is 5.91 Å². The first kappa shape index (κ1) is 47.4. The lowest BCUT2D eigenvalue weighted by atomic mass is 9.33. The van der Waals surface area contributed by atoms with Crippen LogP contribution in [0.1, 0.15) is 157 Å². The van der Waals surface area contributed by atoms with Crippen molar-refractivity contribution in [1.82, 2.24) is 10.6 Å². The number of fused-ring (bicyclic) bond motifs is 7. The average Bonchev–Trinajstić information content (AvgIpc) is 3.46. The molecule has 11 nitrogen and oxygen atoms in total. The van der Waals surface area contributed by atoms with Gasteiger partial charge in [-0.2, -0.15) is 0 Å². The van der Waals surface area contributed by atoms with E-state index in [1.165, 1.54) is 29.8 Å². The van der Waals surface area contributed by atoms with Crippen LogP contribution in [0.5, 0.6) is 0 Å². The van der Waals surface area contributed by atoms with Crippen LogP contribution < -0.4 is 10.6 Å². The molecule has 6 aliphatic rings. The number of hydrogen-bond donors (Lipinski definition) is 3. The molecule has 2 amide bonds. The number of ketones is 1. The fraction of sp³-hybridized carbons (Fsp3) is 0.745. The number of carboxylic acids is 1. The Bertz CT molecular complexity index is 2220. The number of esters is 1. The number of Topliss-reactive ketones (excluding diaryl/α,β-unsaturated/α-hetero) is 1. The van der Waals surface area contributed by atoms with Gasteiger partial charge >= 0.3 is 11.9 Å². The largest absolute Gasteiger partial charge is 0.481 e. The summed E-state index contributed by atoms with van der Waals surface area (Å²) < 4.78 is 30.2. The van der Waals surface area contributed by atoms with E-state index in [1.807, 2.05) is 27.7 Å². The Balaban J connectivity index is 1.07. The highest BCUT2D eigenvalue weighted by molar-refractivity contribution is 7.90. The van der Waals surface area contributed by atoms with Crippen molar-refractivity contribution in [2.24, 2.45) is 68.0 Å². The van der Waals surface area contributed by atoms with Gasteiger partial charge in [-0.05, 0) is 147 Å². The van der Waals surface area contributed by atoms with E-state index in [0.29, 0.717) is 30.2 Å². The van der Waals surface area contributed by atoms with Crippen LogP contribution in [0.3, 0.4) is 0 Å². The minimum Gasteiger partial charge on any atom is -0.481 e. The zero-order valence-corrected chi connectivity index (χ0v) is 40.8. The van der Waals surface area contributed by atoms with Crippen molar-refractivity contribution >= 4 is 39.4 Å². The molecule has 0 spiro atoms. The number of allylic oxidation sites excluding steroid dienone is 2. The molecule has 0 aromatic heterocycles. The SMILES string of the molecule is CC(C)C1=C2[C@H]3CC[C@@H]4[C@@]5(C)CC[C@H](OC(=O)[C@H]6C[C@@H](C(=O)O)C6(C)C)C(C)(C)[C@@H]5CC[C@@]4(C)[C@]3(C)CC[C@@]2(CC(=O)NCC(C)(C)NC(=O)c2ccc(S(C)(=O)=O)cc2)CC1=O. The molecule has 6 aliphatic carbocycles. The van der Waals surface area contributed by atoms with Gasteiger partial charge in [-0.15, -0.1) is 0 Å². The number of carbonyl (C=O) groups is 5. The van der Waals surface area contributed by atoms with Crippen LogP contribution in [0, 0.1) is 68.0 Å². The zero-order valence-electron chi connectivity index (χ0n) is 40.0. The maximum atomic E-state index is 14.2. The third-order valence-corrected chi connectivity index (χ3v) is 20.0. The normalized spacial score (nSPS) is 36.8. The first-order chi connectivity index (χ1) is 28.9. The van der Waals surface area contributed by atoms with Crippen LogP contribution in [-0.2, 0) is 33.8 Å². The Hall–Kier alpha value is -3.54. The number of carbonyl (C=O) groups excluding carboxylic acids is 4. The van der Waals surface area contributed by atoms with E-state index >= 15 is 0 Å². The number of hydrogen-bond acceptors (Lipinski definition) is 8. The summed E-state index contributed by atoms with van der Waals surface area (Å²) in [5.41, 5.74) is 0.170. The molecule has 348 valence electrons. The lowest BCUT2D eigenvalue weighted by molar-refractivity contribution is -0.236. The lowest BCUT2D eigenvalue weighted by Crippen LogP contribution is -2.66. The molecule has 0 bridgehead atoms. The summed E-state index contributed by atoms with van der Waals surface area (Å²) in [6.45, 7) is 23.9. The molecule has 3 N–H and O–H groups in total. The smallest absolute Gasteiger partial charge is 0.309 e. The molecule has 12 heteroatoms. The number of rotatable bonds is 11. The number of sulfone groups is 1. The molecule has 0 aliphatic heterocycles. The maximum absolute atomic E-state index is 14.2. The molecule has 7 rings (SSSR count). The van der Waals surface area contributed by atoms with E-state index < -0.39 is 44.0 Å². The summed E-state index contributed by atoms with van der Waals surface area (Å²) in [6.07, 6.45) is 9.28. The van der Waals surface area contributed by atoms with Gasteiger partial charge in [0.1, 0.15) is 6.10 Å². The molecule has 5 fully saturated rings. The van der Waals surface area contributed by atoms with E-state index in [0.717, 1.165) is 63.2 Å². The number of benzene rings is 1. The summed E-state index contributed by atoms with van der Waals surface area (Å²) in [5.74, 6) is -1.38. The fourth-order valence-electron chi connectivity index (χ4n) is 15.1. The van der Waals surface area contributed by atoms with E-state index in [2.05, 4.69) is 59.1 Å². The third-order valence-electron chi connectivity index (χ3n) is 18.8. The van der Waals surface area contributed by atoms with Crippen molar-refractivity contribution in [2.75, 3.05) is 12.8 Å². The molecular formula is C51H74N2O9S. The Morgan fingerprint density at radius 3 is 2.08 bits per heavy atom. The van der Waals surface area contributed by atoms with E-state index in [1.54, 1.807) is 0 Å². The van der Waals surface area contributed by atoms with Crippen molar-refractivity contribution in [3.63, 3.8) is 0 Å². The molecule has 5 saturated carbocycles. The summed E-state index contributed by atoms with van der Waals surface area (Å²) >= 11 is 0. The van der Waals surface area contributed by atoms with E-state index in [4.69, 9.17) is 4.74 Å². The van der Waals surface area contributed by atoms with Crippen molar-refractivity contribution in [3.8, 4) is 0 Å². The second-order valence-corrected chi connectivity index (χ2v) is 25.9. The average molecular weight is 891 g/mol. The summed E-state index contributed by atoms with van der Waals surface area (Å²) in [4.78, 5) is 67.1. The Labute approximate surface area is 376 Å². The van der Waals surface area contributed by atoms with Crippen LogP contribution in [0.4, 0.5) is 0 Å². The minimum atomic E-state index is -3.40. The van der Waals surface area contributed by atoms with Crippen LogP contribution in [-0.4, -0.2) is 67.5 Å². The lowest BCUT2D eigenvalue weighted by Gasteiger charge is -2.72. The molecule has 1 aromatic carbocycles. The molecule has 0 unspecified atom stereocenters. The monoisotopic (exact) mass is 891 g/mol. The summed E-state index contributed by atoms with van der Waals surface area (Å²) in [7, 11) is -3.40. The molecule has 1 aromatic rings. The minimum absolute atomic E-state index is 0.00888. The van der Waals surface area contributed by atoms with Crippen LogP contribution in [0.15, 0.2) is 40.3 Å². The van der Waals surface area contributed by atoms with Crippen LogP contribution in [0.25, 0.3) is 0 Å². The van der Waals surface area contributed by atoms with Crippen molar-refractivity contribution in [3.05, 3.63) is 41.0 Å². The highest BCUT2D eigenvalue weighted by Crippen LogP contribution is 2.77. The first-order valence-corrected chi connectivity index (χ1v) is 25.4. The van der Waals surface area contributed by atoms with Gasteiger partial charge in [0.05, 0.1) is 22.3 Å². The first-order valence-electron chi connectivity index (χ1n) is 23.6. The Morgan fingerprint density at radius 1 is 0.841 bits per heavy atom. The number of nitrogens with one attached hydrogen (secondary N) is 2. The van der Waals surface area contributed by atoms with Gasteiger partial charge < -0.3 is 20.5 Å². The van der Waals surface area contributed by atoms with E-state index in [-0.39, 0.29) is 81.0 Å². The van der Waals surface area contributed by atoms with Gasteiger partial charge in [0, 0.05) is 42.0 Å². The van der Waals surface area contributed by atoms with Gasteiger partial charge in [-0.25, -0.2) is 8.42 Å². The number of amides is 2. The second-order valence-electron chi connectivity index (χ2n) is 23.9. The Morgan fingerprint density at radius 2 is 1.49 bits per heavy atom. The standard InChI is InChI=1S/C51H74N2O9S/c1-29(2)40-35(54)26-51(27-39(55)52-28-45(3,4)53-42(56)30-13-15-31(16-14-30)63(12,60)61)24-23-49(10)32(41(40)51)17-18-37-48(9)21-20-38(47(7,8)36(48)19-22-50(37,49)11)62-44(59)34-25-33(43(57)58)46(34,5)6/h13-16,29,32-34,36-38H,17-28H2,1-12H3,(H,52,55)(H,53,56)(H,57,58)/t32-,33+,34-,36+,37-,38+,48+,49-,50-,51+/m1/s1. The van der Waals surface area contributed by atoms with Gasteiger partial charge in [0.15, 0.2) is 15.6 Å². The van der Waals surface area contributed by atoms with Gasteiger partial charge in [0.25, 0.3) is 5.91 Å². The molecule has 0 saturated heterocycles. The molecule has 0 heterocycles. The maximum Gasteiger partial charge on any atom is 0.309 e. The molecule has 63 heavy (non-hydrogen) atoms. The van der Waals surface area contributed by atoms with Crippen LogP contribution in [0.2, 0.25) is 0 Å². The van der Waals surface area contributed by atoms with Crippen molar-refractivity contribution < 1.29 is 42.2 Å². The van der Waals surface area contributed by atoms with Crippen molar-refractivity contribution in [1.29, 1.82) is 0 Å². The van der Waals surface area contributed by atoms with E-state index in [9.17, 15) is 37.5 Å². The van der Waals surface area contributed by atoms with Crippen LogP contribution >= 0.6 is 0 Å². The predicted octanol–water partition coefficient (Wildman–Crippen LogP) is 8.74. The topological polar surface area (TPSA) is 173 Å². The number of ether oxygens (including phenoxy) is 1. The fourth-order valence-corrected chi connectivity index (χ4v) is 15.7. The van der Waals surface area contributed by atoms with Crippen molar-refractivity contribution in [2.45, 2.75) is 163 Å². The quantitative estimate of drug-likeness (QED) is 0.184. The van der Waals surface area contributed by atoms with Gasteiger partial charge in [-0.3, -0.25) is 24.0 Å². The summed E-state index contributed by atoms with van der Waals surface area (Å²) in [6, 6.07) is 5.79. The molecule has 0 radical (unpaired) electrons.